The average Bonchev–Trinajstić information content (AvgIpc) is 2.68. The van der Waals surface area contributed by atoms with Crippen LogP contribution in [0.5, 0.6) is 0 Å². The summed E-state index contributed by atoms with van der Waals surface area (Å²) in [6.45, 7) is 2.40. The van der Waals surface area contributed by atoms with Gasteiger partial charge in [0.2, 0.25) is 5.91 Å². The number of carbonyl (C=O) groups is 1. The van der Waals surface area contributed by atoms with Gasteiger partial charge in [-0.2, -0.15) is 0 Å². The summed E-state index contributed by atoms with van der Waals surface area (Å²) >= 11 is 1.86. The zero-order chi connectivity index (χ0) is 16.4. The van der Waals surface area contributed by atoms with Crippen LogP contribution in [0.15, 0.2) is 53.7 Å². The Morgan fingerprint density at radius 1 is 1.24 bits per heavy atom. The summed E-state index contributed by atoms with van der Waals surface area (Å²) in [4.78, 5) is 20.9. The molecular weight excluding hydrogens is 354 g/mol. The van der Waals surface area contributed by atoms with Gasteiger partial charge in [0.15, 0.2) is 0 Å². The van der Waals surface area contributed by atoms with Gasteiger partial charge in [0.05, 0.1) is 12.0 Å². The Bertz CT molecular complexity index is 728. The first-order valence-corrected chi connectivity index (χ1v) is 9.46. The number of rotatable bonds is 2. The molecule has 3 heterocycles. The molecule has 1 saturated heterocycles. The van der Waals surface area contributed by atoms with E-state index in [-0.39, 0.29) is 30.3 Å². The van der Waals surface area contributed by atoms with E-state index in [1.54, 1.807) is 6.20 Å². The van der Waals surface area contributed by atoms with Crippen molar-refractivity contribution < 1.29 is 4.79 Å². The normalized spacial score (nSPS) is 22.6. The van der Waals surface area contributed by atoms with E-state index in [4.69, 9.17) is 0 Å². The highest BCUT2D eigenvalue weighted by Crippen LogP contribution is 2.39. The number of aromatic nitrogens is 1. The topological polar surface area (TPSA) is 45.2 Å². The number of fused-ring (bicyclic) bond motifs is 1. The van der Waals surface area contributed by atoms with E-state index >= 15 is 0 Å². The second-order valence-electron chi connectivity index (χ2n) is 6.27. The summed E-state index contributed by atoms with van der Waals surface area (Å²) in [6.07, 6.45) is 4.58. The van der Waals surface area contributed by atoms with Gasteiger partial charge in [-0.25, -0.2) is 0 Å². The van der Waals surface area contributed by atoms with Crippen molar-refractivity contribution in [3.05, 3.63) is 59.9 Å². The first kappa shape index (κ1) is 18.2. The smallest absolute Gasteiger partial charge is 0.230 e. The van der Waals surface area contributed by atoms with Crippen LogP contribution >= 0.6 is 24.2 Å². The Hall–Kier alpha value is -1.56. The van der Waals surface area contributed by atoms with E-state index in [9.17, 15) is 4.79 Å². The van der Waals surface area contributed by atoms with Gasteiger partial charge in [-0.1, -0.05) is 24.3 Å². The Balaban J connectivity index is 0.00000182. The molecule has 132 valence electrons. The second-order valence-corrected chi connectivity index (χ2v) is 7.40. The largest absolute Gasteiger partial charge is 0.333 e. The molecule has 1 N–H and O–H groups in total. The van der Waals surface area contributed by atoms with Crippen LogP contribution < -0.4 is 5.32 Å². The van der Waals surface area contributed by atoms with E-state index in [0.29, 0.717) is 0 Å². The Kier molecular flexibility index (Phi) is 5.99. The summed E-state index contributed by atoms with van der Waals surface area (Å²) in [5.74, 6) is 1.26. The van der Waals surface area contributed by atoms with Crippen LogP contribution in [0.4, 0.5) is 0 Å². The minimum Gasteiger partial charge on any atom is -0.333 e. The molecule has 4 nitrogen and oxygen atoms in total. The molecule has 2 aliphatic rings. The molecule has 25 heavy (non-hydrogen) atoms. The lowest BCUT2D eigenvalue weighted by Gasteiger charge is -2.39. The molecule has 6 heteroatoms. The van der Waals surface area contributed by atoms with Crippen molar-refractivity contribution in [3.63, 3.8) is 0 Å². The number of amides is 1. The fourth-order valence-corrected chi connectivity index (χ4v) is 4.76. The summed E-state index contributed by atoms with van der Waals surface area (Å²) in [7, 11) is 0. The molecule has 0 aliphatic carbocycles. The molecule has 1 amide bonds. The zero-order valence-corrected chi connectivity index (χ0v) is 15.6. The first-order valence-electron chi connectivity index (χ1n) is 8.47. The summed E-state index contributed by atoms with van der Waals surface area (Å²) in [5, 5.41) is 3.41. The van der Waals surface area contributed by atoms with Crippen molar-refractivity contribution in [1.82, 2.24) is 15.2 Å². The summed E-state index contributed by atoms with van der Waals surface area (Å²) < 4.78 is 0. The third-order valence-corrected chi connectivity index (χ3v) is 5.97. The highest BCUT2D eigenvalue weighted by Gasteiger charge is 2.35. The Labute approximate surface area is 158 Å². The lowest BCUT2D eigenvalue weighted by molar-refractivity contribution is -0.136. The minimum atomic E-state index is -0.0141. The molecule has 0 spiro atoms. The number of nitrogens with zero attached hydrogens (tertiary/aromatic N) is 2. The van der Waals surface area contributed by atoms with Gasteiger partial charge in [0, 0.05) is 36.9 Å². The molecule has 2 unspecified atom stereocenters. The molecule has 1 aromatic carbocycles. The van der Waals surface area contributed by atoms with Crippen molar-refractivity contribution in [2.75, 3.05) is 25.4 Å². The monoisotopic (exact) mass is 375 g/mol. The quantitative estimate of drug-likeness (QED) is 0.875. The number of thioether (sulfide) groups is 1. The van der Waals surface area contributed by atoms with Crippen LogP contribution in [0, 0.1) is 0 Å². The van der Waals surface area contributed by atoms with Crippen LogP contribution in [0.1, 0.15) is 29.5 Å². The standard InChI is InChI=1S/C19H21N3OS.ClH/c23-19(16-7-11-24-18-6-2-1-5-15(16)18)22-10-9-21-13-17(22)14-4-3-8-20-12-14;/h1-6,8,12,16-17,21H,7,9-11,13H2;1H. The molecular formula is C19H22ClN3OS. The molecule has 1 aromatic heterocycles. The molecule has 1 fully saturated rings. The Morgan fingerprint density at radius 3 is 2.96 bits per heavy atom. The van der Waals surface area contributed by atoms with Gasteiger partial charge in [-0.05, 0) is 35.4 Å². The highest BCUT2D eigenvalue weighted by molar-refractivity contribution is 7.99. The van der Waals surface area contributed by atoms with Crippen molar-refractivity contribution in [2.45, 2.75) is 23.3 Å². The fourth-order valence-electron chi connectivity index (χ4n) is 3.64. The van der Waals surface area contributed by atoms with Gasteiger partial charge < -0.3 is 10.2 Å². The van der Waals surface area contributed by atoms with Gasteiger partial charge in [0.25, 0.3) is 0 Å². The molecule has 0 saturated carbocycles. The van der Waals surface area contributed by atoms with Crippen LogP contribution in [0.25, 0.3) is 0 Å². The van der Waals surface area contributed by atoms with E-state index in [1.165, 1.54) is 10.5 Å². The van der Waals surface area contributed by atoms with Crippen molar-refractivity contribution in [1.29, 1.82) is 0 Å². The van der Waals surface area contributed by atoms with Crippen LogP contribution in [-0.4, -0.2) is 41.2 Å². The van der Waals surface area contributed by atoms with Gasteiger partial charge in [-0.3, -0.25) is 9.78 Å². The number of hydrogen-bond acceptors (Lipinski definition) is 4. The number of halogens is 1. The summed E-state index contributed by atoms with van der Waals surface area (Å²) in [6, 6.07) is 12.4. The highest BCUT2D eigenvalue weighted by atomic mass is 35.5. The minimum absolute atomic E-state index is 0. The molecule has 2 aromatic rings. The van der Waals surface area contributed by atoms with Crippen LogP contribution in [-0.2, 0) is 4.79 Å². The number of nitrogens with one attached hydrogen (secondary N) is 1. The van der Waals surface area contributed by atoms with E-state index < -0.39 is 0 Å². The molecule has 0 bridgehead atoms. The predicted octanol–water partition coefficient (Wildman–Crippen LogP) is 3.26. The maximum atomic E-state index is 13.4. The van der Waals surface area contributed by atoms with Gasteiger partial charge >= 0.3 is 0 Å². The number of benzene rings is 1. The number of pyridine rings is 1. The first-order chi connectivity index (χ1) is 11.8. The third-order valence-electron chi connectivity index (χ3n) is 4.85. The summed E-state index contributed by atoms with van der Waals surface area (Å²) in [5.41, 5.74) is 2.30. The average molecular weight is 376 g/mol. The zero-order valence-electron chi connectivity index (χ0n) is 13.9. The van der Waals surface area contributed by atoms with Crippen LogP contribution in [0.3, 0.4) is 0 Å². The number of piperazine rings is 1. The van der Waals surface area contributed by atoms with E-state index in [1.807, 2.05) is 30.1 Å². The maximum Gasteiger partial charge on any atom is 0.230 e. The van der Waals surface area contributed by atoms with Gasteiger partial charge in [0.1, 0.15) is 0 Å². The SMILES string of the molecule is Cl.O=C(C1CCSc2ccccc21)N1CCNCC1c1cccnc1. The van der Waals surface area contributed by atoms with Crippen molar-refractivity contribution in [2.24, 2.45) is 0 Å². The molecule has 2 atom stereocenters. The Morgan fingerprint density at radius 2 is 2.12 bits per heavy atom. The van der Waals surface area contributed by atoms with Gasteiger partial charge in [-0.15, -0.1) is 24.2 Å². The fraction of sp³-hybridized carbons (Fsp3) is 0.368. The molecule has 4 rings (SSSR count). The molecule has 2 aliphatic heterocycles. The van der Waals surface area contributed by atoms with E-state index in [2.05, 4.69) is 39.5 Å². The third kappa shape index (κ3) is 3.68. The predicted molar refractivity (Wildman–Crippen MR) is 103 cm³/mol. The van der Waals surface area contributed by atoms with Crippen molar-refractivity contribution in [3.8, 4) is 0 Å². The van der Waals surface area contributed by atoms with Crippen LogP contribution in [0.2, 0.25) is 0 Å². The second kappa shape index (κ2) is 8.21. The molecule has 0 radical (unpaired) electrons. The maximum absolute atomic E-state index is 13.4. The lowest BCUT2D eigenvalue weighted by atomic mass is 9.92. The number of hydrogen-bond donors (Lipinski definition) is 1. The van der Waals surface area contributed by atoms with E-state index in [0.717, 1.165) is 37.4 Å². The number of carbonyl (C=O) groups excluding carboxylic acids is 1. The lowest BCUT2D eigenvalue weighted by Crippen LogP contribution is -2.50. The van der Waals surface area contributed by atoms with Crippen molar-refractivity contribution >= 4 is 30.1 Å².